The van der Waals surface area contributed by atoms with Gasteiger partial charge in [0.05, 0.1) is 31.5 Å². The molecule has 0 aliphatic carbocycles. The van der Waals surface area contributed by atoms with Crippen LogP contribution in [0.25, 0.3) is 0 Å². The van der Waals surface area contributed by atoms with E-state index < -0.39 is 24.4 Å². The Balaban J connectivity index is 1.56. The van der Waals surface area contributed by atoms with E-state index in [1.54, 1.807) is 0 Å². The molecule has 36 heavy (non-hydrogen) atoms. The Morgan fingerprint density at radius 3 is 1.81 bits per heavy atom. The average Bonchev–Trinajstić information content (AvgIpc) is 2.93. The lowest BCUT2D eigenvalue weighted by molar-refractivity contribution is -0.161. The van der Waals surface area contributed by atoms with Gasteiger partial charge in [-0.3, -0.25) is 0 Å². The normalized spacial score (nSPS) is 20.7. The summed E-state index contributed by atoms with van der Waals surface area (Å²) in [6.45, 7) is 3.28. The van der Waals surface area contributed by atoms with E-state index in [0.717, 1.165) is 16.7 Å². The van der Waals surface area contributed by atoms with Crippen molar-refractivity contribution in [3.05, 3.63) is 118 Å². The third kappa shape index (κ3) is 7.19. The number of hydrogen-bond acceptors (Lipinski definition) is 5. The summed E-state index contributed by atoms with van der Waals surface area (Å²) in [6, 6.07) is 29.8. The van der Waals surface area contributed by atoms with E-state index in [1.165, 1.54) is 0 Å². The fourth-order valence-corrected chi connectivity index (χ4v) is 4.43. The molecule has 6 heteroatoms. The van der Waals surface area contributed by atoms with Gasteiger partial charge in [0.15, 0.2) is 6.10 Å². The van der Waals surface area contributed by atoms with Gasteiger partial charge in [0.25, 0.3) is 0 Å². The van der Waals surface area contributed by atoms with E-state index >= 15 is 0 Å². The van der Waals surface area contributed by atoms with Crippen LogP contribution in [0.15, 0.2) is 102 Å². The van der Waals surface area contributed by atoms with Crippen LogP contribution in [-0.4, -0.2) is 36.1 Å². The first-order valence-corrected chi connectivity index (χ1v) is 12.7. The van der Waals surface area contributed by atoms with Crippen LogP contribution < -0.4 is 0 Å². The summed E-state index contributed by atoms with van der Waals surface area (Å²) in [4.78, 5) is 0. The number of aliphatic hydroxyl groups is 1. The van der Waals surface area contributed by atoms with Crippen LogP contribution in [0, 0.1) is 0 Å². The van der Waals surface area contributed by atoms with Gasteiger partial charge in [-0.25, -0.2) is 0 Å². The molecule has 4 rings (SSSR count). The smallest absolute Gasteiger partial charge is 0.151 e. The standard InChI is InChI=1S/C30H33ClO5/c1-2-25(32)28-27(31)30(35-20-24-16-10-5-11-17-24)29(34-19-23-14-8-4-9-15-23)26(36-28)21-33-18-22-12-6-3-7-13-22/h3-17,25-26,29-30,32H,2,18-21H2,1H3/t25?,26-,29-,30-/m1/s1. The highest BCUT2D eigenvalue weighted by Gasteiger charge is 2.43. The Hall–Kier alpha value is -2.67. The van der Waals surface area contributed by atoms with E-state index in [4.69, 9.17) is 30.5 Å². The minimum atomic E-state index is -0.841. The van der Waals surface area contributed by atoms with Gasteiger partial charge in [-0.05, 0) is 23.1 Å². The Morgan fingerprint density at radius 2 is 1.28 bits per heavy atom. The molecule has 190 valence electrons. The second-order valence-electron chi connectivity index (χ2n) is 8.77. The Kier molecular flexibility index (Phi) is 9.96. The summed E-state index contributed by atoms with van der Waals surface area (Å²) in [5.41, 5.74) is 3.11. The maximum absolute atomic E-state index is 10.7. The number of hydrogen-bond donors (Lipinski definition) is 1. The lowest BCUT2D eigenvalue weighted by atomic mass is 10.0. The predicted molar refractivity (Wildman–Crippen MR) is 140 cm³/mol. The van der Waals surface area contributed by atoms with Gasteiger partial charge in [-0.1, -0.05) is 110 Å². The zero-order chi connectivity index (χ0) is 25.2. The topological polar surface area (TPSA) is 57.2 Å². The van der Waals surface area contributed by atoms with E-state index in [-0.39, 0.29) is 6.61 Å². The van der Waals surface area contributed by atoms with Crippen LogP contribution in [0.4, 0.5) is 0 Å². The van der Waals surface area contributed by atoms with Crippen LogP contribution in [-0.2, 0) is 38.8 Å². The van der Waals surface area contributed by atoms with Gasteiger partial charge >= 0.3 is 0 Å². The summed E-state index contributed by atoms with van der Waals surface area (Å²) in [7, 11) is 0. The minimum absolute atomic E-state index is 0.254. The highest BCUT2D eigenvalue weighted by Crippen LogP contribution is 2.35. The summed E-state index contributed by atoms with van der Waals surface area (Å²) in [5, 5.41) is 11.0. The van der Waals surface area contributed by atoms with Crippen LogP contribution in [0.5, 0.6) is 0 Å². The van der Waals surface area contributed by atoms with E-state index in [0.29, 0.717) is 37.0 Å². The van der Waals surface area contributed by atoms with Crippen molar-refractivity contribution in [1.29, 1.82) is 0 Å². The fraction of sp³-hybridized carbons (Fsp3) is 0.333. The zero-order valence-electron chi connectivity index (χ0n) is 20.5. The molecule has 0 saturated carbocycles. The molecule has 1 heterocycles. The van der Waals surface area contributed by atoms with E-state index in [9.17, 15) is 5.11 Å². The Labute approximate surface area is 218 Å². The molecule has 1 aliphatic rings. The van der Waals surface area contributed by atoms with Crippen molar-refractivity contribution in [3.8, 4) is 0 Å². The van der Waals surface area contributed by atoms with Crippen molar-refractivity contribution in [2.45, 2.75) is 57.6 Å². The summed E-state index contributed by atoms with van der Waals surface area (Å²) in [5.74, 6) is 0.324. The summed E-state index contributed by atoms with van der Waals surface area (Å²) in [6.07, 6.45) is -2.05. The number of halogens is 1. The average molecular weight is 509 g/mol. The predicted octanol–water partition coefficient (Wildman–Crippen LogP) is 5.99. The highest BCUT2D eigenvalue weighted by molar-refractivity contribution is 6.30. The highest BCUT2D eigenvalue weighted by atomic mass is 35.5. The molecule has 4 atom stereocenters. The SMILES string of the molecule is CCC(O)C1=C(Cl)[C@@H](OCc2ccccc2)[C@H](OCc2ccccc2)[C@@H](COCc2ccccc2)O1. The van der Waals surface area contributed by atoms with Gasteiger partial charge in [0.1, 0.15) is 24.1 Å². The first-order chi connectivity index (χ1) is 17.7. The third-order valence-electron chi connectivity index (χ3n) is 6.07. The first kappa shape index (κ1) is 26.4. The molecule has 0 spiro atoms. The molecule has 3 aromatic rings. The molecule has 0 radical (unpaired) electrons. The van der Waals surface area contributed by atoms with Crippen LogP contribution >= 0.6 is 11.6 Å². The number of ether oxygens (including phenoxy) is 4. The molecule has 3 aromatic carbocycles. The van der Waals surface area contributed by atoms with Gasteiger partial charge in [-0.2, -0.15) is 0 Å². The second-order valence-corrected chi connectivity index (χ2v) is 9.18. The monoisotopic (exact) mass is 508 g/mol. The maximum Gasteiger partial charge on any atom is 0.151 e. The maximum atomic E-state index is 10.7. The number of aliphatic hydroxyl groups excluding tert-OH is 1. The largest absolute Gasteiger partial charge is 0.485 e. The summed E-state index contributed by atoms with van der Waals surface area (Å²) >= 11 is 6.81. The van der Waals surface area contributed by atoms with Crippen LogP contribution in [0.2, 0.25) is 0 Å². The van der Waals surface area contributed by atoms with Gasteiger partial charge in [-0.15, -0.1) is 0 Å². The first-order valence-electron chi connectivity index (χ1n) is 12.3. The molecule has 0 bridgehead atoms. The van der Waals surface area contributed by atoms with Crippen molar-refractivity contribution in [2.24, 2.45) is 0 Å². The van der Waals surface area contributed by atoms with Gasteiger partial charge in [0, 0.05) is 0 Å². The molecular weight excluding hydrogens is 476 g/mol. The van der Waals surface area contributed by atoms with Crippen LogP contribution in [0.1, 0.15) is 30.0 Å². The molecule has 0 fully saturated rings. The summed E-state index contributed by atoms with van der Waals surface area (Å²) < 4.78 is 25.0. The van der Waals surface area contributed by atoms with Crippen molar-refractivity contribution in [1.82, 2.24) is 0 Å². The lowest BCUT2D eigenvalue weighted by Crippen LogP contribution is -2.49. The minimum Gasteiger partial charge on any atom is -0.485 e. The molecule has 1 aliphatic heterocycles. The molecule has 0 amide bonds. The van der Waals surface area contributed by atoms with Crippen molar-refractivity contribution in [3.63, 3.8) is 0 Å². The van der Waals surface area contributed by atoms with Crippen molar-refractivity contribution < 1.29 is 24.1 Å². The molecule has 1 unspecified atom stereocenters. The lowest BCUT2D eigenvalue weighted by Gasteiger charge is -2.39. The number of rotatable bonds is 12. The number of benzene rings is 3. The van der Waals surface area contributed by atoms with E-state index in [2.05, 4.69) is 0 Å². The van der Waals surface area contributed by atoms with Crippen LogP contribution in [0.3, 0.4) is 0 Å². The molecule has 1 N–H and O–H groups in total. The fourth-order valence-electron chi connectivity index (χ4n) is 4.07. The Bertz CT molecular complexity index is 1070. The second kappa shape index (κ2) is 13.6. The zero-order valence-corrected chi connectivity index (χ0v) is 21.2. The van der Waals surface area contributed by atoms with Crippen molar-refractivity contribution in [2.75, 3.05) is 6.61 Å². The van der Waals surface area contributed by atoms with Gasteiger partial charge in [0.2, 0.25) is 0 Å². The molecule has 0 saturated heterocycles. The van der Waals surface area contributed by atoms with E-state index in [1.807, 2.05) is 97.9 Å². The third-order valence-corrected chi connectivity index (χ3v) is 6.47. The Morgan fingerprint density at radius 1 is 0.778 bits per heavy atom. The van der Waals surface area contributed by atoms with Crippen molar-refractivity contribution >= 4 is 11.6 Å². The van der Waals surface area contributed by atoms with Gasteiger partial charge < -0.3 is 24.1 Å². The molecule has 0 aromatic heterocycles. The molecule has 5 nitrogen and oxygen atoms in total. The quantitative estimate of drug-likeness (QED) is 0.325. The molecular formula is C30H33ClO5.